The van der Waals surface area contributed by atoms with Crippen molar-refractivity contribution in [2.75, 3.05) is 0 Å². The summed E-state index contributed by atoms with van der Waals surface area (Å²) in [6.07, 6.45) is 0. The Labute approximate surface area is 84.9 Å². The van der Waals surface area contributed by atoms with Crippen LogP contribution in [0.2, 0.25) is 0 Å². The van der Waals surface area contributed by atoms with Gasteiger partial charge in [0.15, 0.2) is 0 Å². The minimum atomic E-state index is -0.440. The lowest BCUT2D eigenvalue weighted by Crippen LogP contribution is -2.04. The molecule has 0 saturated carbocycles. The van der Waals surface area contributed by atoms with Gasteiger partial charge in [0, 0.05) is 5.56 Å². The van der Waals surface area contributed by atoms with Crippen molar-refractivity contribution in [3.8, 4) is 11.8 Å². The fraction of sp³-hybridized carbons (Fsp3) is 0.333. The molecule has 0 radical (unpaired) electrons. The van der Waals surface area contributed by atoms with Gasteiger partial charge in [-0.2, -0.15) is 0 Å². The Balaban J connectivity index is 2.85. The predicted molar refractivity (Wildman–Crippen MR) is 58.0 cm³/mol. The largest absolute Gasteiger partial charge is 0.106 e. The lowest BCUT2D eigenvalue weighted by molar-refractivity contribution is 0.917. The summed E-state index contributed by atoms with van der Waals surface area (Å²) in [7, 11) is 0. The van der Waals surface area contributed by atoms with Crippen molar-refractivity contribution < 1.29 is 0 Å². The highest BCUT2D eigenvalue weighted by Crippen LogP contribution is 2.10. The highest BCUT2D eigenvalue weighted by Gasteiger charge is 2.06. The fourth-order valence-electron chi connectivity index (χ4n) is 0.858. The van der Waals surface area contributed by atoms with Crippen LogP contribution in [0, 0.1) is 18.8 Å². The Morgan fingerprint density at radius 1 is 1.15 bits per heavy atom. The van der Waals surface area contributed by atoms with Crippen molar-refractivity contribution in [3.63, 3.8) is 0 Å². The zero-order chi connectivity index (χ0) is 9.90. The summed E-state index contributed by atoms with van der Waals surface area (Å²) in [6, 6.07) is 8.10. The molecule has 0 N–H and O–H groups in total. The van der Waals surface area contributed by atoms with Gasteiger partial charge < -0.3 is 0 Å². The van der Waals surface area contributed by atoms with Crippen LogP contribution in [0.15, 0.2) is 24.3 Å². The van der Waals surface area contributed by atoms with E-state index in [2.05, 4.69) is 18.8 Å². The van der Waals surface area contributed by atoms with Crippen molar-refractivity contribution >= 4 is 11.6 Å². The molecule has 1 rings (SSSR count). The average molecular weight is 193 g/mol. The molecule has 0 aliphatic carbocycles. The van der Waals surface area contributed by atoms with Crippen molar-refractivity contribution in [2.24, 2.45) is 0 Å². The van der Waals surface area contributed by atoms with Gasteiger partial charge in [0.25, 0.3) is 0 Å². The summed E-state index contributed by atoms with van der Waals surface area (Å²) in [5, 5.41) is 0. The molecular formula is C12H13Cl. The van der Waals surface area contributed by atoms with Crippen LogP contribution in [0.5, 0.6) is 0 Å². The van der Waals surface area contributed by atoms with Gasteiger partial charge in [-0.3, -0.25) is 0 Å². The van der Waals surface area contributed by atoms with E-state index in [1.807, 2.05) is 38.1 Å². The quantitative estimate of drug-likeness (QED) is 0.437. The molecule has 1 aromatic carbocycles. The zero-order valence-corrected chi connectivity index (χ0v) is 8.94. The standard InChI is InChI=1S/C12H13Cl/c1-10-4-6-11(7-5-10)8-9-12(2,3)13/h4-7H,1-3H3. The summed E-state index contributed by atoms with van der Waals surface area (Å²) in [4.78, 5) is -0.440. The van der Waals surface area contributed by atoms with Crippen LogP contribution in [0.4, 0.5) is 0 Å². The zero-order valence-electron chi connectivity index (χ0n) is 8.19. The van der Waals surface area contributed by atoms with Crippen LogP contribution in [0.25, 0.3) is 0 Å². The summed E-state index contributed by atoms with van der Waals surface area (Å²) >= 11 is 5.94. The Hall–Kier alpha value is -0.930. The molecule has 1 aromatic rings. The van der Waals surface area contributed by atoms with E-state index < -0.39 is 4.87 Å². The Morgan fingerprint density at radius 3 is 2.15 bits per heavy atom. The lowest BCUT2D eigenvalue weighted by Gasteiger charge is -2.03. The minimum absolute atomic E-state index is 0.440. The van der Waals surface area contributed by atoms with Gasteiger partial charge in [0.05, 0.1) is 4.87 Å². The third kappa shape index (κ3) is 4.01. The van der Waals surface area contributed by atoms with E-state index in [-0.39, 0.29) is 0 Å². The van der Waals surface area contributed by atoms with E-state index in [1.54, 1.807) is 0 Å². The Morgan fingerprint density at radius 2 is 1.69 bits per heavy atom. The van der Waals surface area contributed by atoms with Crippen molar-refractivity contribution in [3.05, 3.63) is 35.4 Å². The molecule has 13 heavy (non-hydrogen) atoms. The van der Waals surface area contributed by atoms with E-state index in [0.29, 0.717) is 0 Å². The smallest absolute Gasteiger partial charge is 0.0997 e. The van der Waals surface area contributed by atoms with Gasteiger partial charge >= 0.3 is 0 Å². The molecule has 0 heterocycles. The highest BCUT2D eigenvalue weighted by atomic mass is 35.5. The van der Waals surface area contributed by atoms with Gasteiger partial charge in [0.1, 0.15) is 0 Å². The van der Waals surface area contributed by atoms with Gasteiger partial charge in [-0.15, -0.1) is 11.6 Å². The molecule has 0 fully saturated rings. The van der Waals surface area contributed by atoms with Gasteiger partial charge in [0.2, 0.25) is 0 Å². The molecule has 0 spiro atoms. The maximum Gasteiger partial charge on any atom is 0.0997 e. The molecule has 0 unspecified atom stereocenters. The summed E-state index contributed by atoms with van der Waals surface area (Å²) in [6.45, 7) is 5.83. The Kier molecular flexibility index (Phi) is 3.01. The number of hydrogen-bond acceptors (Lipinski definition) is 0. The molecule has 0 atom stereocenters. The van der Waals surface area contributed by atoms with E-state index >= 15 is 0 Å². The van der Waals surface area contributed by atoms with Crippen LogP contribution < -0.4 is 0 Å². The molecule has 0 aliphatic rings. The van der Waals surface area contributed by atoms with Crippen LogP contribution in [-0.4, -0.2) is 4.87 Å². The average Bonchev–Trinajstić information content (AvgIpc) is 2.02. The monoisotopic (exact) mass is 192 g/mol. The third-order valence-corrected chi connectivity index (χ3v) is 1.65. The molecule has 0 nitrogen and oxygen atoms in total. The SMILES string of the molecule is Cc1ccc(C#CC(C)(C)Cl)cc1. The molecular weight excluding hydrogens is 180 g/mol. The van der Waals surface area contributed by atoms with Gasteiger partial charge in [-0.1, -0.05) is 29.5 Å². The predicted octanol–water partition coefficient (Wildman–Crippen LogP) is 3.36. The normalized spacial score (nSPS) is 10.5. The number of hydrogen-bond donors (Lipinski definition) is 0. The van der Waals surface area contributed by atoms with E-state index in [4.69, 9.17) is 11.6 Å². The van der Waals surface area contributed by atoms with Crippen molar-refractivity contribution in [1.29, 1.82) is 0 Å². The van der Waals surface area contributed by atoms with E-state index in [0.717, 1.165) is 5.56 Å². The van der Waals surface area contributed by atoms with Crippen LogP contribution in [0.3, 0.4) is 0 Å². The Bertz CT molecular complexity index is 330. The first kappa shape index (κ1) is 10.2. The maximum absolute atomic E-state index is 5.94. The second-order valence-corrected chi connectivity index (χ2v) is 4.53. The van der Waals surface area contributed by atoms with Crippen molar-refractivity contribution in [1.82, 2.24) is 0 Å². The number of halogens is 1. The topological polar surface area (TPSA) is 0 Å². The molecule has 0 aromatic heterocycles. The van der Waals surface area contributed by atoms with Gasteiger partial charge in [-0.25, -0.2) is 0 Å². The number of aryl methyl sites for hydroxylation is 1. The summed E-state index contributed by atoms with van der Waals surface area (Å²) in [5.41, 5.74) is 2.26. The maximum atomic E-state index is 5.94. The van der Waals surface area contributed by atoms with Crippen LogP contribution >= 0.6 is 11.6 Å². The summed E-state index contributed by atoms with van der Waals surface area (Å²) < 4.78 is 0. The molecule has 1 heteroatoms. The summed E-state index contributed by atoms with van der Waals surface area (Å²) in [5.74, 6) is 6.00. The van der Waals surface area contributed by atoms with Gasteiger partial charge in [-0.05, 0) is 32.9 Å². The molecule has 0 aliphatic heterocycles. The molecule has 0 amide bonds. The number of rotatable bonds is 0. The van der Waals surface area contributed by atoms with Crippen LogP contribution in [-0.2, 0) is 0 Å². The van der Waals surface area contributed by atoms with Crippen molar-refractivity contribution in [2.45, 2.75) is 25.6 Å². The second kappa shape index (κ2) is 3.85. The first-order valence-electron chi connectivity index (χ1n) is 4.26. The molecule has 68 valence electrons. The molecule has 0 bridgehead atoms. The first-order valence-corrected chi connectivity index (χ1v) is 4.64. The van der Waals surface area contributed by atoms with Crippen LogP contribution in [0.1, 0.15) is 25.0 Å². The second-order valence-electron chi connectivity index (χ2n) is 3.59. The third-order valence-electron chi connectivity index (χ3n) is 1.56. The lowest BCUT2D eigenvalue weighted by atomic mass is 10.1. The number of benzene rings is 1. The molecule has 0 saturated heterocycles. The van der Waals surface area contributed by atoms with E-state index in [1.165, 1.54) is 5.56 Å². The number of alkyl halides is 1. The minimum Gasteiger partial charge on any atom is -0.106 e. The van der Waals surface area contributed by atoms with E-state index in [9.17, 15) is 0 Å². The fourth-order valence-corrected chi connectivity index (χ4v) is 0.905. The highest BCUT2D eigenvalue weighted by molar-refractivity contribution is 6.25. The first-order chi connectivity index (χ1) is 5.97.